The van der Waals surface area contributed by atoms with Crippen LogP contribution in [0.4, 0.5) is 4.39 Å². The van der Waals surface area contributed by atoms with Crippen molar-refractivity contribution in [3.63, 3.8) is 0 Å². The molecule has 3 aromatic rings. The van der Waals surface area contributed by atoms with Crippen molar-refractivity contribution in [3.05, 3.63) is 64.2 Å². The van der Waals surface area contributed by atoms with Crippen molar-refractivity contribution >= 4 is 23.2 Å². The van der Waals surface area contributed by atoms with Crippen molar-refractivity contribution in [2.45, 2.75) is 6.61 Å². The van der Waals surface area contributed by atoms with Crippen molar-refractivity contribution in [2.24, 2.45) is 7.05 Å². The van der Waals surface area contributed by atoms with Crippen LogP contribution >= 0.6 is 23.2 Å². The highest BCUT2D eigenvalue weighted by atomic mass is 35.5. The quantitative estimate of drug-likeness (QED) is 0.694. The van der Waals surface area contributed by atoms with Crippen molar-refractivity contribution in [3.8, 4) is 17.1 Å². The van der Waals surface area contributed by atoms with E-state index >= 15 is 0 Å². The molecule has 0 amide bonds. The lowest BCUT2D eigenvalue weighted by Gasteiger charge is -2.08. The third kappa shape index (κ3) is 3.46. The third-order valence-electron chi connectivity index (χ3n) is 3.32. The average molecular weight is 352 g/mol. The van der Waals surface area contributed by atoms with Crippen LogP contribution in [0, 0.1) is 5.82 Å². The minimum Gasteiger partial charge on any atom is -0.483 e. The van der Waals surface area contributed by atoms with Crippen LogP contribution in [0.15, 0.2) is 42.5 Å². The number of halogens is 3. The van der Waals surface area contributed by atoms with Crippen LogP contribution in [0.2, 0.25) is 10.0 Å². The van der Waals surface area contributed by atoms with Crippen LogP contribution in [0.1, 0.15) is 5.82 Å². The predicted octanol–water partition coefficient (Wildman–Crippen LogP) is 4.51. The molecule has 1 aromatic heterocycles. The molecule has 0 bridgehead atoms. The van der Waals surface area contributed by atoms with E-state index in [1.165, 1.54) is 12.1 Å². The lowest BCUT2D eigenvalue weighted by atomic mass is 10.2. The molecule has 0 saturated carbocycles. The smallest absolute Gasteiger partial charge is 0.171 e. The van der Waals surface area contributed by atoms with Gasteiger partial charge in [-0.05, 0) is 42.5 Å². The lowest BCUT2D eigenvalue weighted by molar-refractivity contribution is 0.277. The van der Waals surface area contributed by atoms with Crippen molar-refractivity contribution in [2.75, 3.05) is 0 Å². The summed E-state index contributed by atoms with van der Waals surface area (Å²) in [5.41, 5.74) is 0.883. The highest BCUT2D eigenvalue weighted by Crippen LogP contribution is 2.23. The summed E-state index contributed by atoms with van der Waals surface area (Å²) < 4.78 is 20.9. The second-order valence-electron chi connectivity index (χ2n) is 4.87. The van der Waals surface area contributed by atoms with Crippen LogP contribution in [-0.2, 0) is 13.7 Å². The Morgan fingerprint density at radius 2 is 1.74 bits per heavy atom. The number of aromatic nitrogens is 3. The Kier molecular flexibility index (Phi) is 4.50. The highest BCUT2D eigenvalue weighted by molar-refractivity contribution is 6.30. The molecule has 0 saturated heterocycles. The van der Waals surface area contributed by atoms with E-state index in [2.05, 4.69) is 10.2 Å². The fourth-order valence-electron chi connectivity index (χ4n) is 2.07. The Morgan fingerprint density at radius 3 is 2.43 bits per heavy atom. The van der Waals surface area contributed by atoms with Crippen molar-refractivity contribution in [1.82, 2.24) is 14.8 Å². The van der Waals surface area contributed by atoms with E-state index < -0.39 is 5.82 Å². The van der Waals surface area contributed by atoms with Gasteiger partial charge in [0.25, 0.3) is 0 Å². The molecule has 0 aliphatic carbocycles. The predicted molar refractivity (Wildman–Crippen MR) is 87.2 cm³/mol. The molecule has 0 aliphatic heterocycles. The fraction of sp³-hybridized carbons (Fsp3) is 0.125. The summed E-state index contributed by atoms with van der Waals surface area (Å²) in [6, 6.07) is 11.5. The first-order valence-corrected chi connectivity index (χ1v) is 7.52. The van der Waals surface area contributed by atoms with E-state index in [4.69, 9.17) is 27.9 Å². The average Bonchev–Trinajstić information content (AvgIpc) is 2.88. The first-order chi connectivity index (χ1) is 11.0. The standard InChI is InChI=1S/C16H12Cl2FN3O/c1-22-15(9-23-14-7-6-12(18)8-13(14)19)20-21-16(22)10-2-4-11(17)5-3-10/h2-8H,9H2,1H3. The largest absolute Gasteiger partial charge is 0.483 e. The van der Waals surface area contributed by atoms with E-state index in [0.29, 0.717) is 21.7 Å². The number of hydrogen-bond donors (Lipinski definition) is 0. The van der Waals surface area contributed by atoms with Gasteiger partial charge in [0.2, 0.25) is 0 Å². The molecule has 118 valence electrons. The molecular weight excluding hydrogens is 340 g/mol. The molecule has 0 fully saturated rings. The highest BCUT2D eigenvalue weighted by Gasteiger charge is 2.12. The summed E-state index contributed by atoms with van der Waals surface area (Å²) in [4.78, 5) is 0. The molecule has 0 aliphatic rings. The Bertz CT molecular complexity index is 834. The monoisotopic (exact) mass is 351 g/mol. The number of nitrogens with zero attached hydrogens (tertiary/aromatic N) is 3. The van der Waals surface area contributed by atoms with Gasteiger partial charge in [0.05, 0.1) is 0 Å². The van der Waals surface area contributed by atoms with Crippen LogP contribution in [-0.4, -0.2) is 14.8 Å². The molecule has 7 heteroatoms. The Hall–Kier alpha value is -2.11. The second-order valence-corrected chi connectivity index (χ2v) is 5.74. The summed E-state index contributed by atoms with van der Waals surface area (Å²) >= 11 is 11.6. The van der Waals surface area contributed by atoms with Gasteiger partial charge in [0, 0.05) is 22.7 Å². The van der Waals surface area contributed by atoms with Gasteiger partial charge in [-0.1, -0.05) is 23.2 Å². The minimum absolute atomic E-state index is 0.0929. The summed E-state index contributed by atoms with van der Waals surface area (Å²) in [6.07, 6.45) is 0. The molecule has 4 nitrogen and oxygen atoms in total. The Labute approximate surface area is 142 Å². The topological polar surface area (TPSA) is 39.9 Å². The van der Waals surface area contributed by atoms with Crippen LogP contribution in [0.3, 0.4) is 0 Å². The van der Waals surface area contributed by atoms with Gasteiger partial charge in [-0.3, -0.25) is 0 Å². The maximum Gasteiger partial charge on any atom is 0.171 e. The maximum atomic E-state index is 13.7. The molecular formula is C16H12Cl2FN3O. The van der Waals surface area contributed by atoms with Gasteiger partial charge in [-0.15, -0.1) is 10.2 Å². The first kappa shape index (κ1) is 15.8. The zero-order chi connectivity index (χ0) is 16.4. The van der Waals surface area contributed by atoms with E-state index in [1.807, 2.05) is 19.2 Å². The Morgan fingerprint density at radius 1 is 1.04 bits per heavy atom. The SMILES string of the molecule is Cn1c(COc2ccc(Cl)cc2F)nnc1-c1ccc(Cl)cc1. The lowest BCUT2D eigenvalue weighted by Crippen LogP contribution is -2.05. The number of benzene rings is 2. The molecule has 1 heterocycles. The summed E-state index contributed by atoms with van der Waals surface area (Å²) in [7, 11) is 1.82. The van der Waals surface area contributed by atoms with Crippen LogP contribution in [0.5, 0.6) is 5.75 Å². The van der Waals surface area contributed by atoms with Gasteiger partial charge in [0.15, 0.2) is 23.2 Å². The van der Waals surface area contributed by atoms with Gasteiger partial charge in [-0.2, -0.15) is 0 Å². The number of rotatable bonds is 4. The third-order valence-corrected chi connectivity index (χ3v) is 3.81. The molecule has 3 rings (SSSR count). The molecule has 0 atom stereocenters. The van der Waals surface area contributed by atoms with E-state index in [1.54, 1.807) is 22.8 Å². The van der Waals surface area contributed by atoms with Crippen LogP contribution < -0.4 is 4.74 Å². The van der Waals surface area contributed by atoms with E-state index in [9.17, 15) is 4.39 Å². The van der Waals surface area contributed by atoms with Crippen molar-refractivity contribution < 1.29 is 9.13 Å². The van der Waals surface area contributed by atoms with Gasteiger partial charge >= 0.3 is 0 Å². The van der Waals surface area contributed by atoms with Gasteiger partial charge < -0.3 is 9.30 Å². The van der Waals surface area contributed by atoms with Crippen LogP contribution in [0.25, 0.3) is 11.4 Å². The molecule has 0 unspecified atom stereocenters. The molecule has 0 radical (unpaired) electrons. The normalized spacial score (nSPS) is 10.8. The number of hydrogen-bond acceptors (Lipinski definition) is 3. The molecule has 0 spiro atoms. The van der Waals surface area contributed by atoms with E-state index in [0.717, 1.165) is 5.56 Å². The molecule has 2 aromatic carbocycles. The van der Waals surface area contributed by atoms with Gasteiger partial charge in [0.1, 0.15) is 6.61 Å². The molecule has 0 N–H and O–H groups in total. The summed E-state index contributed by atoms with van der Waals surface area (Å²) in [6.45, 7) is 0.0929. The van der Waals surface area contributed by atoms with E-state index in [-0.39, 0.29) is 12.4 Å². The summed E-state index contributed by atoms with van der Waals surface area (Å²) in [5, 5.41) is 9.19. The second kappa shape index (κ2) is 6.56. The first-order valence-electron chi connectivity index (χ1n) is 6.76. The Balaban J connectivity index is 1.78. The zero-order valence-electron chi connectivity index (χ0n) is 12.1. The zero-order valence-corrected chi connectivity index (χ0v) is 13.6. The summed E-state index contributed by atoms with van der Waals surface area (Å²) in [5.74, 6) is 0.851. The fourth-order valence-corrected chi connectivity index (χ4v) is 2.36. The minimum atomic E-state index is -0.516. The maximum absolute atomic E-state index is 13.7. The van der Waals surface area contributed by atoms with Gasteiger partial charge in [-0.25, -0.2) is 4.39 Å². The molecule has 23 heavy (non-hydrogen) atoms. The van der Waals surface area contributed by atoms with Crippen molar-refractivity contribution in [1.29, 1.82) is 0 Å². The number of ether oxygens (including phenoxy) is 1.